The summed E-state index contributed by atoms with van der Waals surface area (Å²) in [6.07, 6.45) is 9.76. The first-order valence-corrected chi connectivity index (χ1v) is 17.0. The molecule has 0 bridgehead atoms. The van der Waals surface area contributed by atoms with Gasteiger partial charge in [-0.3, -0.25) is 14.4 Å². The predicted molar refractivity (Wildman–Crippen MR) is 186 cm³/mol. The van der Waals surface area contributed by atoms with E-state index in [9.17, 15) is 19.5 Å². The van der Waals surface area contributed by atoms with Crippen molar-refractivity contribution in [2.75, 3.05) is 6.61 Å². The molecule has 4 rings (SSSR count). The number of carboxylic acids is 1. The number of aliphatic carboxylic acids is 1. The number of unbranched alkanes of at least 4 members (excludes halogenated alkanes) is 4. The van der Waals surface area contributed by atoms with Crippen molar-refractivity contribution in [3.63, 3.8) is 0 Å². The van der Waals surface area contributed by atoms with Crippen LogP contribution < -0.4 is 15.4 Å². The largest absolute Gasteiger partial charge is 0.494 e. The maximum Gasteiger partial charge on any atom is 0.325 e. The van der Waals surface area contributed by atoms with Crippen molar-refractivity contribution in [1.29, 1.82) is 0 Å². The van der Waals surface area contributed by atoms with E-state index in [1.165, 1.54) is 43.9 Å². The highest BCUT2D eigenvalue weighted by molar-refractivity contribution is 7.14. The molecule has 3 N–H and O–H groups in total. The van der Waals surface area contributed by atoms with Crippen molar-refractivity contribution in [1.82, 2.24) is 20.6 Å². The Morgan fingerprint density at radius 2 is 1.47 bits per heavy atom. The van der Waals surface area contributed by atoms with Gasteiger partial charge in [0.15, 0.2) is 5.82 Å². The van der Waals surface area contributed by atoms with Crippen molar-refractivity contribution < 1.29 is 24.2 Å². The topological polar surface area (TPSA) is 131 Å². The maximum absolute atomic E-state index is 13.1. The van der Waals surface area contributed by atoms with Crippen molar-refractivity contribution >= 4 is 29.1 Å². The van der Waals surface area contributed by atoms with E-state index in [0.717, 1.165) is 45.9 Å². The number of hydrogen-bond donors (Lipinski definition) is 3. The van der Waals surface area contributed by atoms with Gasteiger partial charge in [-0.1, -0.05) is 82.9 Å². The molecule has 0 aliphatic carbocycles. The molecular formula is C37H44N4O5S. The summed E-state index contributed by atoms with van der Waals surface area (Å²) in [6, 6.07) is 16.9. The third kappa shape index (κ3) is 10.5. The standard InChI is InChI=1S/C37H44N4O5S/c1-5-6-7-8-9-20-46-30-16-14-27(15-17-30)29-22-38-34(39-23-29)28-12-10-26(11-13-28)21-31(35(42)40-25(4)37(44)45)41-36(43)33-19-18-32(47-33)24(2)3/h10-19,22-25,31H,5-9,20-21H2,1-4H3,(H,40,42)(H,41,43)(H,44,45)/t25-,31+/m1/s1. The van der Waals surface area contributed by atoms with Crippen molar-refractivity contribution in [2.45, 2.75) is 84.2 Å². The van der Waals surface area contributed by atoms with E-state index in [1.807, 2.05) is 68.4 Å². The number of benzene rings is 2. The molecule has 0 aliphatic heterocycles. The quantitative estimate of drug-likeness (QED) is 0.102. The summed E-state index contributed by atoms with van der Waals surface area (Å²) < 4.78 is 5.88. The van der Waals surface area contributed by atoms with E-state index in [4.69, 9.17) is 4.74 Å². The van der Waals surface area contributed by atoms with Gasteiger partial charge in [0.2, 0.25) is 5.91 Å². The van der Waals surface area contributed by atoms with Crippen molar-refractivity contribution in [3.8, 4) is 28.3 Å². The van der Waals surface area contributed by atoms with E-state index < -0.39 is 24.0 Å². The summed E-state index contributed by atoms with van der Waals surface area (Å²) in [5, 5.41) is 14.6. The number of amides is 2. The Balaban J connectivity index is 1.39. The van der Waals surface area contributed by atoms with Gasteiger partial charge in [0, 0.05) is 34.8 Å². The van der Waals surface area contributed by atoms with E-state index in [0.29, 0.717) is 10.7 Å². The molecule has 2 aromatic carbocycles. The van der Waals surface area contributed by atoms with Gasteiger partial charge in [0.05, 0.1) is 11.5 Å². The number of aromatic nitrogens is 2. The average Bonchev–Trinajstić information content (AvgIpc) is 3.58. The Morgan fingerprint density at radius 1 is 0.809 bits per heavy atom. The number of nitrogens with one attached hydrogen (secondary N) is 2. The molecule has 2 atom stereocenters. The minimum Gasteiger partial charge on any atom is -0.494 e. The van der Waals surface area contributed by atoms with Gasteiger partial charge in [0.1, 0.15) is 17.8 Å². The maximum atomic E-state index is 13.1. The number of carboxylic acid groups (broad SMARTS) is 1. The van der Waals surface area contributed by atoms with Crippen LogP contribution in [0.25, 0.3) is 22.5 Å². The zero-order chi connectivity index (χ0) is 33.8. The molecule has 2 heterocycles. The van der Waals surface area contributed by atoms with Crippen LogP contribution in [0.2, 0.25) is 0 Å². The summed E-state index contributed by atoms with van der Waals surface area (Å²) in [5.41, 5.74) is 3.47. The summed E-state index contributed by atoms with van der Waals surface area (Å²) >= 11 is 1.38. The van der Waals surface area contributed by atoms with Gasteiger partial charge in [-0.05, 0) is 54.7 Å². The number of hydrogen-bond acceptors (Lipinski definition) is 7. The molecule has 0 saturated heterocycles. The number of carbonyl (C=O) groups is 3. The first kappa shape index (κ1) is 35.3. The summed E-state index contributed by atoms with van der Waals surface area (Å²) in [6.45, 7) is 8.41. The van der Waals surface area contributed by atoms with Crippen LogP contribution in [0.5, 0.6) is 5.75 Å². The summed E-state index contributed by atoms with van der Waals surface area (Å²) in [4.78, 5) is 48.2. The molecule has 2 aromatic heterocycles. The van der Waals surface area contributed by atoms with Gasteiger partial charge in [-0.25, -0.2) is 9.97 Å². The van der Waals surface area contributed by atoms with Crippen LogP contribution in [-0.4, -0.2) is 51.5 Å². The van der Waals surface area contributed by atoms with Crippen LogP contribution in [-0.2, 0) is 16.0 Å². The number of rotatable bonds is 17. The third-order valence-electron chi connectivity index (χ3n) is 7.78. The molecule has 47 heavy (non-hydrogen) atoms. The van der Waals surface area contributed by atoms with Crippen LogP contribution in [0.1, 0.15) is 85.8 Å². The smallest absolute Gasteiger partial charge is 0.325 e. The lowest BCUT2D eigenvalue weighted by Crippen LogP contribution is -2.51. The Morgan fingerprint density at radius 3 is 2.09 bits per heavy atom. The monoisotopic (exact) mass is 656 g/mol. The van der Waals surface area contributed by atoms with E-state index >= 15 is 0 Å². The van der Waals surface area contributed by atoms with Crippen LogP contribution in [0.4, 0.5) is 0 Å². The number of thiophene rings is 1. The third-order valence-corrected chi connectivity index (χ3v) is 9.16. The van der Waals surface area contributed by atoms with E-state index in [1.54, 1.807) is 18.5 Å². The van der Waals surface area contributed by atoms with E-state index in [2.05, 4.69) is 27.5 Å². The highest BCUT2D eigenvalue weighted by Gasteiger charge is 2.26. The Bertz CT molecular complexity index is 1600. The van der Waals surface area contributed by atoms with Crippen LogP contribution in [0.15, 0.2) is 73.1 Å². The first-order chi connectivity index (χ1) is 22.6. The average molecular weight is 657 g/mol. The van der Waals surface area contributed by atoms with E-state index in [-0.39, 0.29) is 18.2 Å². The molecular weight excluding hydrogens is 612 g/mol. The van der Waals surface area contributed by atoms with Gasteiger partial charge >= 0.3 is 5.97 Å². The summed E-state index contributed by atoms with van der Waals surface area (Å²) in [7, 11) is 0. The highest BCUT2D eigenvalue weighted by atomic mass is 32.1. The normalized spacial score (nSPS) is 12.4. The van der Waals surface area contributed by atoms with Crippen molar-refractivity contribution in [2.24, 2.45) is 0 Å². The molecule has 0 aliphatic rings. The van der Waals surface area contributed by atoms with Crippen molar-refractivity contribution in [3.05, 3.63) is 88.4 Å². The lowest BCUT2D eigenvalue weighted by Gasteiger charge is -2.20. The molecule has 0 saturated carbocycles. The number of ether oxygens (including phenoxy) is 1. The first-order valence-electron chi connectivity index (χ1n) is 16.2. The van der Waals surface area contributed by atoms with Gasteiger partial charge in [-0.15, -0.1) is 11.3 Å². The minimum absolute atomic E-state index is 0.172. The molecule has 0 unspecified atom stereocenters. The SMILES string of the molecule is CCCCCCCOc1ccc(-c2cnc(-c3ccc(C[C@H](NC(=O)c4ccc(C(C)C)s4)C(=O)N[C@H](C)C(=O)O)cc3)nc2)cc1. The summed E-state index contributed by atoms with van der Waals surface area (Å²) in [5.74, 6) is -0.427. The fourth-order valence-corrected chi connectivity index (χ4v) is 5.80. The van der Waals surface area contributed by atoms with Gasteiger partial charge in [0.25, 0.3) is 5.91 Å². The highest BCUT2D eigenvalue weighted by Crippen LogP contribution is 2.25. The molecule has 0 fully saturated rings. The zero-order valence-electron chi connectivity index (χ0n) is 27.5. The molecule has 4 aromatic rings. The van der Waals surface area contributed by atoms with Crippen LogP contribution in [0.3, 0.4) is 0 Å². The van der Waals surface area contributed by atoms with Crippen LogP contribution >= 0.6 is 11.3 Å². The molecule has 0 spiro atoms. The zero-order valence-corrected chi connectivity index (χ0v) is 28.3. The molecule has 248 valence electrons. The Labute approximate surface area is 280 Å². The fraction of sp³-hybridized carbons (Fsp3) is 0.378. The number of carbonyl (C=O) groups excluding carboxylic acids is 2. The molecule has 2 amide bonds. The Hall–Kier alpha value is -4.57. The Kier molecular flexibility index (Phi) is 13.0. The predicted octanol–water partition coefficient (Wildman–Crippen LogP) is 7.28. The second-order valence-electron chi connectivity index (χ2n) is 11.9. The van der Waals surface area contributed by atoms with Crippen LogP contribution in [0, 0.1) is 0 Å². The second-order valence-corrected chi connectivity index (χ2v) is 13.1. The van der Waals surface area contributed by atoms with Gasteiger partial charge < -0.3 is 20.5 Å². The molecule has 9 nitrogen and oxygen atoms in total. The molecule has 10 heteroatoms. The minimum atomic E-state index is -1.16. The molecule has 0 radical (unpaired) electrons. The number of nitrogens with zero attached hydrogens (tertiary/aromatic N) is 2. The van der Waals surface area contributed by atoms with Gasteiger partial charge in [-0.2, -0.15) is 0 Å². The second kappa shape index (κ2) is 17.4. The fourth-order valence-electron chi connectivity index (χ4n) is 4.89. The lowest BCUT2D eigenvalue weighted by atomic mass is 10.0. The lowest BCUT2D eigenvalue weighted by molar-refractivity contribution is -0.141.